The number of urea groups is 3. The maximum absolute atomic E-state index is 13.6. The quantitative estimate of drug-likeness (QED) is 0.0196. The molecule has 0 unspecified atom stereocenters. The molecule has 3 aromatic carbocycles. The monoisotopic (exact) mass is 1420 g/mol. The van der Waals surface area contributed by atoms with Gasteiger partial charge in [0.2, 0.25) is 0 Å². The van der Waals surface area contributed by atoms with Crippen LogP contribution in [-0.4, -0.2) is 155 Å². The molecule has 6 aliphatic carbocycles. The molecule has 11 rings (SSSR count). The molecule has 0 saturated heterocycles. The van der Waals surface area contributed by atoms with Crippen molar-refractivity contribution in [3.8, 4) is 0 Å². The zero-order valence-corrected chi connectivity index (χ0v) is 61.9. The first-order valence-corrected chi connectivity index (χ1v) is 38.7. The summed E-state index contributed by atoms with van der Waals surface area (Å²) in [6.45, 7) is 7.15. The maximum atomic E-state index is 13.6. The number of carbonyl (C=O) groups is 3. The van der Waals surface area contributed by atoms with Crippen LogP contribution in [0, 0.1) is 73.5 Å². The van der Waals surface area contributed by atoms with Gasteiger partial charge in [-0.15, -0.1) is 5.10 Å². The standard InChI is InChI=1S/C27H39N5O3.C26H38N6O2.C26H41N5O3/c1-30(24-10-6-3-7-11-24)27(33)31(19-22-8-4-2-5-9-22)20-23-14-12-21(13-15-23)18-29-26-25(32(34)35)16-17-28-26;1-30(24-10-6-3-7-11-24)26(33)31(19-22-8-4-2-5-9-22)20-23-14-12-21(13-15-23)18-27-25-29-28-16-17-32(25)34;1-27-25(20-31(33)34)28-17-21-13-15-23(16-14-21)19-30(18-22-9-5-3-6-10-22)26(32)29(2)24-11-7-4-8-12-24/h3,6-7,10-11,16-17,21-23,28-29H,2,4-5,8-9,12-15,18-20H2,1H3;3,6-7,10-11,16-17,21-23,34H,2,4-5,8-9,12-15,18-20H2,1H3;4,7-8,11-12,20-23,27-28H,3,5-6,9-10,13-19H2,1-2H3. The van der Waals surface area contributed by atoms with Gasteiger partial charge in [0.1, 0.15) is 0 Å². The summed E-state index contributed by atoms with van der Waals surface area (Å²) in [7, 11) is 7.34. The number of hydrogen-bond donors (Lipinski definition) is 5. The fraction of sp³-hybridized carbons (Fsp3) is 0.620. The van der Waals surface area contributed by atoms with E-state index < -0.39 is 4.92 Å². The van der Waals surface area contributed by atoms with Crippen molar-refractivity contribution in [2.24, 2.45) is 58.3 Å². The van der Waals surface area contributed by atoms with Crippen molar-refractivity contribution in [1.29, 1.82) is 0 Å². The SMILES string of the molecule is CN(C(=O)N(CC1CCCCC1)CC1CCC(CN=c2nnccn2O)CC1)c1ccccc1.CN(C(=O)N(CC1CCCCC1)CC1CCC(CNc2[nH]ccc2[N+](=O)[O-])CC1)c1ccccc1.CNC(=C[N+](=O)[O-])NCC1CCC(CN(CC2CCCCC2)C(=O)N(C)c2ccccc2)CC1. The zero-order valence-electron chi connectivity index (χ0n) is 61.9. The molecule has 103 heavy (non-hydrogen) atoms. The van der Waals surface area contributed by atoms with Gasteiger partial charge < -0.3 is 40.8 Å². The van der Waals surface area contributed by atoms with Gasteiger partial charge in [0, 0.05) is 116 Å². The first kappa shape index (κ1) is 78.4. The van der Waals surface area contributed by atoms with E-state index in [0.29, 0.717) is 71.4 Å². The normalized spacial score (nSPS) is 21.4. The molecule has 0 spiro atoms. The van der Waals surface area contributed by atoms with Gasteiger partial charge in [-0.1, -0.05) is 112 Å². The predicted molar refractivity (Wildman–Crippen MR) is 407 cm³/mol. The number of nitrogens with zero attached hydrogens (tertiary/aromatic N) is 12. The van der Waals surface area contributed by atoms with Crippen LogP contribution in [0.25, 0.3) is 0 Å². The Labute approximate surface area is 610 Å². The molecule has 6 fully saturated rings. The van der Waals surface area contributed by atoms with E-state index in [9.17, 15) is 39.8 Å². The van der Waals surface area contributed by atoms with Crippen LogP contribution in [-0.2, 0) is 0 Å². The highest BCUT2D eigenvalue weighted by atomic mass is 16.6. The number of anilines is 4. The Balaban J connectivity index is 0.000000179. The molecule has 562 valence electrons. The second kappa shape index (κ2) is 41.6. The Kier molecular flexibility index (Phi) is 31.6. The second-order valence-corrected chi connectivity index (χ2v) is 30.3. The largest absolute Gasteiger partial charge is 0.425 e. The molecular formula is C79H118N16O8. The first-order valence-electron chi connectivity index (χ1n) is 38.7. The van der Waals surface area contributed by atoms with Crippen LogP contribution < -0.4 is 36.3 Å². The highest BCUT2D eigenvalue weighted by Crippen LogP contribution is 2.36. The van der Waals surface area contributed by atoms with Crippen molar-refractivity contribution < 1.29 is 29.4 Å². The summed E-state index contributed by atoms with van der Waals surface area (Å²) < 4.78 is 0.913. The second-order valence-electron chi connectivity index (χ2n) is 30.3. The number of amides is 6. The van der Waals surface area contributed by atoms with E-state index in [1.54, 1.807) is 27.9 Å². The fourth-order valence-electron chi connectivity index (χ4n) is 16.5. The minimum atomic E-state index is -0.444. The van der Waals surface area contributed by atoms with Crippen LogP contribution >= 0.6 is 0 Å². The van der Waals surface area contributed by atoms with E-state index in [0.717, 1.165) is 157 Å². The van der Waals surface area contributed by atoms with Gasteiger partial charge in [-0.25, -0.2) is 19.4 Å². The van der Waals surface area contributed by atoms with E-state index in [4.69, 9.17) is 0 Å². The molecule has 0 bridgehead atoms. The molecule has 24 nitrogen and oxygen atoms in total. The summed E-state index contributed by atoms with van der Waals surface area (Å²) in [5.41, 5.74) is 3.14. The van der Waals surface area contributed by atoms with Gasteiger partial charge in [0.25, 0.3) is 11.8 Å². The van der Waals surface area contributed by atoms with Crippen molar-refractivity contribution in [2.75, 3.05) is 107 Å². The Bertz CT molecular complexity index is 3430. The van der Waals surface area contributed by atoms with E-state index in [-0.39, 0.29) is 34.3 Å². The van der Waals surface area contributed by atoms with Gasteiger partial charge in [0.05, 0.1) is 22.2 Å². The van der Waals surface area contributed by atoms with Gasteiger partial charge in [0.15, 0.2) is 11.6 Å². The number of hydrogen-bond acceptors (Lipinski definition) is 14. The molecule has 6 saturated carbocycles. The molecule has 5 N–H and O–H groups in total. The lowest BCUT2D eigenvalue weighted by molar-refractivity contribution is -0.404. The molecule has 2 heterocycles. The molecule has 6 amide bonds. The van der Waals surface area contributed by atoms with Gasteiger partial charge >= 0.3 is 23.8 Å². The van der Waals surface area contributed by atoms with Crippen LogP contribution in [0.1, 0.15) is 173 Å². The lowest BCUT2D eigenvalue weighted by Gasteiger charge is -2.37. The van der Waals surface area contributed by atoms with E-state index >= 15 is 0 Å². The third-order valence-corrected chi connectivity index (χ3v) is 22.7. The minimum Gasteiger partial charge on any atom is -0.425 e. The summed E-state index contributed by atoms with van der Waals surface area (Å²) in [5, 5.41) is 48.5. The smallest absolute Gasteiger partial charge is 0.324 e. The molecule has 5 aromatic rings. The Morgan fingerprint density at radius 2 is 0.883 bits per heavy atom. The molecule has 0 atom stereocenters. The lowest BCUT2D eigenvalue weighted by Crippen LogP contribution is -2.46. The van der Waals surface area contributed by atoms with Crippen molar-refractivity contribution in [3.63, 3.8) is 0 Å². The van der Waals surface area contributed by atoms with Crippen LogP contribution in [0.4, 0.5) is 43.0 Å². The van der Waals surface area contributed by atoms with Crippen molar-refractivity contribution in [3.05, 3.63) is 154 Å². The number of aromatic amines is 1. The highest BCUT2D eigenvalue weighted by molar-refractivity contribution is 5.92. The first-order chi connectivity index (χ1) is 50.1. The summed E-state index contributed by atoms with van der Waals surface area (Å²) >= 11 is 0. The lowest BCUT2D eigenvalue weighted by atomic mass is 9.81. The van der Waals surface area contributed by atoms with E-state index in [1.807, 2.05) is 112 Å². The molecule has 6 aliphatic rings. The van der Waals surface area contributed by atoms with Gasteiger partial charge in [-0.05, 0) is 205 Å². The van der Waals surface area contributed by atoms with Gasteiger partial charge in [-0.2, -0.15) is 9.83 Å². The molecule has 0 radical (unpaired) electrons. The third-order valence-electron chi connectivity index (χ3n) is 22.7. The van der Waals surface area contributed by atoms with Crippen LogP contribution in [0.3, 0.4) is 0 Å². The highest BCUT2D eigenvalue weighted by Gasteiger charge is 2.33. The number of aromatic nitrogens is 4. The van der Waals surface area contributed by atoms with Crippen LogP contribution in [0.5, 0.6) is 0 Å². The Morgan fingerprint density at radius 3 is 1.24 bits per heavy atom. The van der Waals surface area contributed by atoms with Crippen molar-refractivity contribution in [1.82, 2.24) is 45.2 Å². The molecule has 24 heteroatoms. The van der Waals surface area contributed by atoms with E-state index in [1.165, 1.54) is 115 Å². The summed E-state index contributed by atoms with van der Waals surface area (Å²) in [4.78, 5) is 80.8. The van der Waals surface area contributed by atoms with Gasteiger partial charge in [-0.3, -0.25) is 34.9 Å². The summed E-state index contributed by atoms with van der Waals surface area (Å²) in [6, 6.07) is 31.5. The predicted octanol–water partition coefficient (Wildman–Crippen LogP) is 15.5. The third kappa shape index (κ3) is 25.3. The molecule has 2 aromatic heterocycles. The average Bonchev–Trinajstić information content (AvgIpc) is 2.05. The number of nitrogens with one attached hydrogen (secondary N) is 4. The van der Waals surface area contributed by atoms with Crippen molar-refractivity contribution >= 4 is 46.7 Å². The topological polar surface area (TPSA) is 272 Å². The van der Waals surface area contributed by atoms with Crippen molar-refractivity contribution in [2.45, 2.75) is 173 Å². The number of nitro groups is 2. The van der Waals surface area contributed by atoms with E-state index in [2.05, 4.69) is 50.8 Å². The number of H-pyrrole nitrogens is 1. The Hall–Kier alpha value is -8.70. The molecule has 0 aliphatic heterocycles. The zero-order chi connectivity index (χ0) is 72.7. The summed E-state index contributed by atoms with van der Waals surface area (Å²) in [6.07, 6.45) is 37.5. The number of rotatable bonds is 26. The fourth-order valence-corrected chi connectivity index (χ4v) is 16.5. The maximum Gasteiger partial charge on any atom is 0.324 e. The Morgan fingerprint density at radius 1 is 0.524 bits per heavy atom. The van der Waals surface area contributed by atoms with Crippen LogP contribution in [0.15, 0.2) is 133 Å². The average molecular weight is 1420 g/mol. The van der Waals surface area contributed by atoms with Crippen LogP contribution in [0.2, 0.25) is 0 Å². The minimum absolute atomic E-state index is 0.0955. The molecular weight excluding hydrogens is 1300 g/mol. The number of para-hydroxylation sites is 3. The summed E-state index contributed by atoms with van der Waals surface area (Å²) in [5.74, 6) is 5.76. The number of carbonyl (C=O) groups excluding carboxylic acids is 3. The number of benzene rings is 3.